The van der Waals surface area contributed by atoms with Crippen molar-refractivity contribution in [3.05, 3.63) is 195 Å². The number of phenolic OH excluding ortho intramolecular Hbond substituents is 1. The summed E-state index contributed by atoms with van der Waals surface area (Å²) in [4.78, 5) is 15.1. The van der Waals surface area contributed by atoms with E-state index in [4.69, 9.17) is 51.1 Å². The zero-order valence-electron chi connectivity index (χ0n) is 63.2. The Morgan fingerprint density at radius 1 is 0.372 bits per heavy atom. The molecule has 9 nitrogen and oxygen atoms in total. The van der Waals surface area contributed by atoms with Crippen LogP contribution in [0.25, 0.3) is 0 Å². The SMILES string of the molecule is CCN(c1c(Cl)cccc1Cl)C(C)(C)C.CN(c1cccc(Cl)c1)C(C)(C)C.CN(c1ccccc1Cl)C(C)(C)C.CN(c1ccccc1F)C(C)(C)C.CN(c1ccccc1O)C(C)(C)C.COc1ccccc1N(C)C(C)(C)C.Cc1ccccc1N(C)C(C)(C)C. The van der Waals surface area contributed by atoms with E-state index < -0.39 is 0 Å². The van der Waals surface area contributed by atoms with Crippen molar-refractivity contribution < 1.29 is 14.2 Å². The number of aryl methyl sites for hydroxylation is 1. The van der Waals surface area contributed by atoms with E-state index in [0.29, 0.717) is 21.5 Å². The van der Waals surface area contributed by atoms with E-state index in [9.17, 15) is 9.50 Å². The lowest BCUT2D eigenvalue weighted by molar-refractivity contribution is 0.410. The summed E-state index contributed by atoms with van der Waals surface area (Å²) in [5.41, 5.74) is 8.97. The first-order valence-corrected chi connectivity index (χ1v) is 33.8. The molecule has 0 aromatic heterocycles. The van der Waals surface area contributed by atoms with E-state index in [-0.39, 0.29) is 44.6 Å². The second-order valence-electron chi connectivity index (χ2n) is 30.2. The van der Waals surface area contributed by atoms with Gasteiger partial charge in [-0.25, -0.2) is 4.39 Å². The second kappa shape index (κ2) is 37.4. The van der Waals surface area contributed by atoms with Gasteiger partial charge in [0.05, 0.1) is 50.6 Å². The number of aromatic hydroxyl groups is 1. The predicted octanol–water partition coefficient (Wildman–Crippen LogP) is 23.6. The number of hydrogen-bond acceptors (Lipinski definition) is 9. The minimum Gasteiger partial charge on any atom is -0.506 e. The minimum atomic E-state index is -0.167. The molecular weight excluding hydrogens is 1250 g/mol. The Hall–Kier alpha value is -6.17. The molecule has 0 aliphatic rings. The summed E-state index contributed by atoms with van der Waals surface area (Å²) in [6, 6.07) is 52.2. The lowest BCUT2D eigenvalue weighted by atomic mass is 10.0. The van der Waals surface area contributed by atoms with E-state index in [1.165, 1.54) is 17.3 Å². The van der Waals surface area contributed by atoms with Gasteiger partial charge < -0.3 is 44.1 Å². The van der Waals surface area contributed by atoms with Gasteiger partial charge in [-0.05, 0) is 250 Å². The fraction of sp³-hybridized carbons (Fsp3) is 0.475. The Bertz CT molecular complexity index is 3060. The number of anilines is 7. The van der Waals surface area contributed by atoms with Crippen molar-refractivity contribution in [2.75, 3.05) is 90.2 Å². The van der Waals surface area contributed by atoms with Crippen LogP contribution >= 0.6 is 46.4 Å². The fourth-order valence-electron chi connectivity index (χ4n) is 8.64. The molecule has 7 aromatic carbocycles. The molecule has 14 heteroatoms. The molecule has 522 valence electrons. The summed E-state index contributed by atoms with van der Waals surface area (Å²) < 4.78 is 18.6. The zero-order valence-corrected chi connectivity index (χ0v) is 66.2. The Kier molecular flexibility index (Phi) is 34.1. The van der Waals surface area contributed by atoms with Gasteiger partial charge in [0.15, 0.2) is 0 Å². The molecule has 0 fully saturated rings. The van der Waals surface area contributed by atoms with E-state index in [0.717, 1.165) is 50.8 Å². The quantitative estimate of drug-likeness (QED) is 0.152. The summed E-state index contributed by atoms with van der Waals surface area (Å²) >= 11 is 24.4. The Morgan fingerprint density at radius 2 is 0.713 bits per heavy atom. The summed E-state index contributed by atoms with van der Waals surface area (Å²) in [5.74, 6) is 1.09. The minimum absolute atomic E-state index is 0.0172. The summed E-state index contributed by atoms with van der Waals surface area (Å²) in [5, 5.41) is 12.6. The molecule has 7 aromatic rings. The highest BCUT2D eigenvalue weighted by Gasteiger charge is 2.26. The molecule has 0 atom stereocenters. The Morgan fingerprint density at radius 3 is 1.12 bits per heavy atom. The third-order valence-electron chi connectivity index (χ3n) is 16.2. The predicted molar refractivity (Wildman–Crippen MR) is 420 cm³/mol. The van der Waals surface area contributed by atoms with Gasteiger partial charge in [-0.1, -0.05) is 125 Å². The summed E-state index contributed by atoms with van der Waals surface area (Å²) in [6.07, 6.45) is 0. The zero-order chi connectivity index (χ0) is 72.7. The van der Waals surface area contributed by atoms with Crippen LogP contribution in [0.5, 0.6) is 11.5 Å². The number of para-hydroxylation sites is 8. The maximum atomic E-state index is 13.3. The van der Waals surface area contributed by atoms with Crippen LogP contribution in [0.1, 0.15) is 158 Å². The van der Waals surface area contributed by atoms with Crippen molar-refractivity contribution in [3.63, 3.8) is 0 Å². The maximum absolute atomic E-state index is 13.3. The highest BCUT2D eigenvalue weighted by atomic mass is 35.5. The van der Waals surface area contributed by atoms with Crippen LogP contribution in [-0.4, -0.2) is 99.8 Å². The van der Waals surface area contributed by atoms with Crippen LogP contribution in [0.4, 0.5) is 44.2 Å². The molecular formula is C80H120Cl4FN7O2. The van der Waals surface area contributed by atoms with E-state index in [2.05, 4.69) is 253 Å². The molecule has 0 heterocycles. The first-order valence-electron chi connectivity index (χ1n) is 32.3. The van der Waals surface area contributed by atoms with Crippen molar-refractivity contribution >= 4 is 86.2 Å². The number of ether oxygens (including phenoxy) is 1. The van der Waals surface area contributed by atoms with Crippen molar-refractivity contribution in [3.8, 4) is 11.5 Å². The summed E-state index contributed by atoms with van der Waals surface area (Å²) in [7, 11) is 13.9. The van der Waals surface area contributed by atoms with Gasteiger partial charge in [-0.3, -0.25) is 0 Å². The molecule has 0 aliphatic carbocycles. The normalized spacial score (nSPS) is 11.4. The topological polar surface area (TPSA) is 52.1 Å². The Balaban J connectivity index is 0.000000549. The van der Waals surface area contributed by atoms with Gasteiger partial charge in [0.25, 0.3) is 0 Å². The smallest absolute Gasteiger partial charge is 0.146 e. The Labute approximate surface area is 591 Å². The van der Waals surface area contributed by atoms with Crippen molar-refractivity contribution in [2.45, 2.75) is 198 Å². The molecule has 94 heavy (non-hydrogen) atoms. The van der Waals surface area contributed by atoms with Crippen molar-refractivity contribution in [1.29, 1.82) is 0 Å². The van der Waals surface area contributed by atoms with E-state index in [1.54, 1.807) is 25.3 Å². The molecule has 0 saturated carbocycles. The van der Waals surface area contributed by atoms with Gasteiger partial charge in [-0.2, -0.15) is 0 Å². The van der Waals surface area contributed by atoms with E-state index in [1.807, 2.05) is 122 Å². The number of phenols is 1. The number of methoxy groups -OCH3 is 1. The lowest BCUT2D eigenvalue weighted by Crippen LogP contribution is -2.41. The molecule has 0 aliphatic heterocycles. The van der Waals surface area contributed by atoms with Crippen molar-refractivity contribution in [1.82, 2.24) is 0 Å². The number of halogens is 5. The second-order valence-corrected chi connectivity index (χ2v) is 31.9. The van der Waals surface area contributed by atoms with Crippen LogP contribution in [0, 0.1) is 12.7 Å². The molecule has 7 rings (SSSR count). The third-order valence-corrected chi connectivity index (χ3v) is 17.3. The van der Waals surface area contributed by atoms with Crippen LogP contribution in [-0.2, 0) is 0 Å². The fourth-order valence-corrected chi connectivity index (χ4v) is 9.68. The molecule has 0 spiro atoms. The molecule has 0 saturated heterocycles. The van der Waals surface area contributed by atoms with E-state index >= 15 is 0 Å². The molecule has 0 unspecified atom stereocenters. The molecule has 0 amide bonds. The first-order chi connectivity index (χ1) is 43.0. The monoisotopic (exact) mass is 1370 g/mol. The van der Waals surface area contributed by atoms with Crippen LogP contribution in [0.3, 0.4) is 0 Å². The van der Waals surface area contributed by atoms with Gasteiger partial charge in [0, 0.05) is 104 Å². The standard InChI is InChI=1S/C12H17Cl2N.C12H19NO.C12H19N.2C11H16ClN.C11H16FN.C11H17NO/c1-5-15(12(2,3)4)11-9(13)7-6-8-10(11)14;1-12(2,3)13(4)10-8-6-7-9-11(10)14-5;1-10-8-6-7-9-11(10)13(5)12(2,3)4;1-11(2,3)13(4)10-7-5-6-9(12)8-10;2*1-11(2,3)13(4)10-8-6-5-7-9(10)12;1-11(2,3)12(4)9-7-5-6-8-10(9)13/h6-8H,5H2,1-4H3;6-9H,1-5H3;6-9H,1-5H3;3*5-8H,1-4H3;5-8,13H,1-4H3. The average molecular weight is 1370 g/mol. The third kappa shape index (κ3) is 28.6. The molecule has 0 radical (unpaired) electrons. The van der Waals surface area contributed by atoms with Crippen LogP contribution in [0.2, 0.25) is 20.1 Å². The van der Waals surface area contributed by atoms with Gasteiger partial charge in [0.2, 0.25) is 0 Å². The highest BCUT2D eigenvalue weighted by molar-refractivity contribution is 6.39. The number of benzene rings is 7. The number of hydrogen-bond donors (Lipinski definition) is 1. The van der Waals surface area contributed by atoms with Crippen LogP contribution < -0.4 is 39.0 Å². The lowest BCUT2D eigenvalue weighted by Gasteiger charge is -2.38. The average Bonchev–Trinajstić information content (AvgIpc) is 0.834. The maximum Gasteiger partial charge on any atom is 0.146 e. The molecule has 1 N–H and O–H groups in total. The van der Waals surface area contributed by atoms with Gasteiger partial charge in [-0.15, -0.1) is 0 Å². The van der Waals surface area contributed by atoms with Crippen LogP contribution in [0.15, 0.2) is 164 Å². The van der Waals surface area contributed by atoms with Gasteiger partial charge in [0.1, 0.15) is 17.3 Å². The first kappa shape index (κ1) is 85.8. The highest BCUT2D eigenvalue weighted by Crippen LogP contribution is 2.38. The van der Waals surface area contributed by atoms with Crippen molar-refractivity contribution in [2.24, 2.45) is 0 Å². The van der Waals surface area contributed by atoms with Gasteiger partial charge >= 0.3 is 0 Å². The number of rotatable bonds is 9. The number of nitrogens with zero attached hydrogens (tertiary/aromatic N) is 7. The largest absolute Gasteiger partial charge is 0.506 e. The summed E-state index contributed by atoms with van der Waals surface area (Å²) in [6.45, 7) is 50.3. The molecule has 0 bridgehead atoms.